The fraction of sp³-hybridized carbons (Fsp3) is 0.750. The molecule has 0 radical (unpaired) electrons. The molecule has 0 rings (SSSR count). The topological polar surface area (TPSA) is 84.8 Å². The van der Waals surface area contributed by atoms with Gasteiger partial charge < -0.3 is 15.1 Å². The molecule has 0 saturated heterocycles. The van der Waals surface area contributed by atoms with E-state index < -0.39 is 17.1 Å². The Kier molecular flexibility index (Phi) is 5.56. The lowest BCUT2D eigenvalue weighted by molar-refractivity contribution is -0.123. The van der Waals surface area contributed by atoms with Crippen molar-refractivity contribution in [2.24, 2.45) is 17.0 Å². The number of hydrogen-bond donors (Lipinski definition) is 2. The van der Waals surface area contributed by atoms with Gasteiger partial charge in [-0.1, -0.05) is 13.8 Å². The summed E-state index contributed by atoms with van der Waals surface area (Å²) < 4.78 is 11.2. The highest BCUT2D eigenvalue weighted by atomic mass is 32.2. The Labute approximate surface area is 86.7 Å². The average molecular weight is 220 g/mol. The van der Waals surface area contributed by atoms with Gasteiger partial charge in [-0.2, -0.15) is 0 Å². The molecule has 0 aliphatic carbocycles. The normalized spacial score (nSPS) is 16.6. The minimum Gasteiger partial charge on any atom is -0.611 e. The molecule has 0 aliphatic heterocycles. The van der Waals surface area contributed by atoms with Crippen LogP contribution in [0, 0.1) is 11.8 Å². The maximum atomic E-state index is 11.4. The van der Waals surface area contributed by atoms with E-state index in [0.29, 0.717) is 0 Å². The first-order valence-electron chi connectivity index (χ1n) is 4.22. The smallest absolute Gasteiger partial charge is 0.267 e. The maximum absolute atomic E-state index is 11.4. The van der Waals surface area contributed by atoms with Crippen molar-refractivity contribution in [3.63, 3.8) is 0 Å². The summed E-state index contributed by atoms with van der Waals surface area (Å²) in [5.41, 5.74) is 0. The van der Waals surface area contributed by atoms with Crippen molar-refractivity contribution in [1.29, 1.82) is 0 Å². The van der Waals surface area contributed by atoms with Crippen LogP contribution in [0.2, 0.25) is 0 Å². The molecule has 2 atom stereocenters. The molecule has 0 aliphatic rings. The summed E-state index contributed by atoms with van der Waals surface area (Å²) in [6, 6.07) is 0. The van der Waals surface area contributed by atoms with Gasteiger partial charge in [-0.15, -0.1) is 0 Å². The van der Waals surface area contributed by atoms with Gasteiger partial charge in [0.1, 0.15) is 12.2 Å². The van der Waals surface area contributed by atoms with Crippen LogP contribution in [0.25, 0.3) is 0 Å². The fourth-order valence-corrected chi connectivity index (χ4v) is 2.01. The van der Waals surface area contributed by atoms with E-state index in [9.17, 15) is 9.35 Å². The molecule has 0 heterocycles. The summed E-state index contributed by atoms with van der Waals surface area (Å²) in [5.74, 6) is -0.997. The number of oxime groups is 1. The van der Waals surface area contributed by atoms with E-state index in [1.54, 1.807) is 13.8 Å². The maximum Gasteiger partial charge on any atom is 0.267 e. The zero-order valence-corrected chi connectivity index (χ0v) is 9.59. The van der Waals surface area contributed by atoms with E-state index in [1.165, 1.54) is 13.3 Å². The van der Waals surface area contributed by atoms with E-state index in [2.05, 4.69) is 10.5 Å². The monoisotopic (exact) mass is 220 g/mol. The Morgan fingerprint density at radius 3 is 2.29 bits per heavy atom. The molecule has 0 saturated carbocycles. The molecule has 0 aromatic heterocycles. The summed E-state index contributed by atoms with van der Waals surface area (Å²) in [6.07, 6.45) is 1.38. The number of carbonyl (C=O) groups is 1. The van der Waals surface area contributed by atoms with Gasteiger partial charge in [-0.3, -0.25) is 4.79 Å². The first-order chi connectivity index (χ1) is 6.45. The van der Waals surface area contributed by atoms with E-state index in [1.807, 2.05) is 0 Å². The van der Waals surface area contributed by atoms with Crippen molar-refractivity contribution in [3.8, 4) is 0 Å². The first kappa shape index (κ1) is 13.2. The minimum absolute atomic E-state index is 0.0133. The van der Waals surface area contributed by atoms with Crippen LogP contribution in [0.15, 0.2) is 5.16 Å². The highest BCUT2D eigenvalue weighted by Crippen LogP contribution is 2.16. The van der Waals surface area contributed by atoms with Gasteiger partial charge >= 0.3 is 0 Å². The van der Waals surface area contributed by atoms with Crippen molar-refractivity contribution in [2.45, 2.75) is 13.8 Å². The number of carbonyl (C=O) groups excluding carboxylic acids is 1. The molecule has 0 aromatic rings. The van der Waals surface area contributed by atoms with Crippen LogP contribution in [0.1, 0.15) is 13.8 Å². The Balaban J connectivity index is 4.90. The van der Waals surface area contributed by atoms with Crippen LogP contribution in [0.4, 0.5) is 0 Å². The van der Waals surface area contributed by atoms with Gasteiger partial charge in [0.05, 0.1) is 0 Å². The predicted molar refractivity (Wildman–Crippen MR) is 55.7 cm³/mol. The number of nitrogens with zero attached hydrogens (tertiary/aromatic N) is 1. The summed E-state index contributed by atoms with van der Waals surface area (Å²) in [7, 11) is 1.49. The lowest BCUT2D eigenvalue weighted by atomic mass is 9.96. The molecule has 2 N–H and O–H groups in total. The Bertz CT molecular complexity index is 229. The standard InChI is InChI=1S/C8H16N2O3S/c1-5(2)6(7(11)9-3)8(10-12)14(4)13/h5-6,12H,1-4H3,(H,9,11). The molecule has 1 amide bonds. The number of hydrogen-bond acceptors (Lipinski definition) is 4. The van der Waals surface area contributed by atoms with E-state index in [-0.39, 0.29) is 16.9 Å². The largest absolute Gasteiger partial charge is 0.611 e. The highest BCUT2D eigenvalue weighted by molar-refractivity contribution is 8.05. The Morgan fingerprint density at radius 2 is 2.07 bits per heavy atom. The van der Waals surface area contributed by atoms with Crippen LogP contribution >= 0.6 is 0 Å². The molecule has 2 unspecified atom stereocenters. The lowest BCUT2D eigenvalue weighted by Crippen LogP contribution is -2.39. The second-order valence-corrected chi connectivity index (χ2v) is 4.55. The molecular formula is C8H16N2O3S. The number of nitrogens with one attached hydrogen (secondary N) is 1. The van der Waals surface area contributed by atoms with Gasteiger partial charge in [0.2, 0.25) is 5.91 Å². The molecule has 0 aromatic carbocycles. The predicted octanol–water partition coefficient (Wildman–Crippen LogP) is 0.171. The summed E-state index contributed by atoms with van der Waals surface area (Å²) in [6.45, 7) is 3.61. The van der Waals surface area contributed by atoms with Gasteiger partial charge in [-0.05, 0) is 11.1 Å². The molecule has 0 fully saturated rings. The van der Waals surface area contributed by atoms with Crippen molar-refractivity contribution in [3.05, 3.63) is 0 Å². The van der Waals surface area contributed by atoms with Gasteiger partial charge in [0, 0.05) is 18.2 Å². The minimum atomic E-state index is -1.44. The third-order valence-electron chi connectivity index (χ3n) is 1.85. The SMILES string of the molecule is CNC(=O)C(C(=NO)[S+](C)[O-])C(C)C. The lowest BCUT2D eigenvalue weighted by Gasteiger charge is -2.19. The van der Waals surface area contributed by atoms with Gasteiger partial charge in [0.25, 0.3) is 5.04 Å². The van der Waals surface area contributed by atoms with Crippen molar-refractivity contribution < 1.29 is 14.6 Å². The van der Waals surface area contributed by atoms with Crippen LogP contribution in [0.5, 0.6) is 0 Å². The molecule has 82 valence electrons. The number of amides is 1. The van der Waals surface area contributed by atoms with Crippen molar-refractivity contribution in [1.82, 2.24) is 5.32 Å². The molecule has 0 bridgehead atoms. The second kappa shape index (κ2) is 5.87. The molecular weight excluding hydrogens is 204 g/mol. The Hall–Kier alpha value is -0.750. The molecule has 6 heteroatoms. The highest BCUT2D eigenvalue weighted by Gasteiger charge is 2.34. The quantitative estimate of drug-likeness (QED) is 0.234. The molecule has 14 heavy (non-hydrogen) atoms. The van der Waals surface area contributed by atoms with Crippen molar-refractivity contribution >= 4 is 22.1 Å². The van der Waals surface area contributed by atoms with Crippen LogP contribution in [0.3, 0.4) is 0 Å². The molecule has 0 spiro atoms. The zero-order chi connectivity index (χ0) is 11.3. The average Bonchev–Trinajstić information content (AvgIpc) is 2.11. The van der Waals surface area contributed by atoms with Crippen LogP contribution < -0.4 is 5.32 Å². The van der Waals surface area contributed by atoms with E-state index in [0.717, 1.165) is 0 Å². The summed E-state index contributed by atoms with van der Waals surface area (Å²) in [4.78, 5) is 11.4. The second-order valence-electron chi connectivity index (χ2n) is 3.23. The van der Waals surface area contributed by atoms with E-state index in [4.69, 9.17) is 5.21 Å². The molecule has 5 nitrogen and oxygen atoms in total. The van der Waals surface area contributed by atoms with Gasteiger partial charge in [0.15, 0.2) is 0 Å². The van der Waals surface area contributed by atoms with Crippen LogP contribution in [-0.2, 0) is 16.0 Å². The third kappa shape index (κ3) is 3.19. The van der Waals surface area contributed by atoms with Gasteiger partial charge in [-0.25, -0.2) is 0 Å². The Morgan fingerprint density at radius 1 is 1.57 bits per heavy atom. The van der Waals surface area contributed by atoms with Crippen LogP contribution in [-0.4, -0.2) is 34.0 Å². The van der Waals surface area contributed by atoms with E-state index >= 15 is 0 Å². The first-order valence-corrected chi connectivity index (χ1v) is 5.78. The number of rotatable bonds is 3. The summed E-state index contributed by atoms with van der Waals surface area (Å²) in [5, 5.41) is 14.1. The zero-order valence-electron chi connectivity index (χ0n) is 8.77. The third-order valence-corrected chi connectivity index (χ3v) is 2.78. The fourth-order valence-electron chi connectivity index (χ4n) is 1.15. The summed E-state index contributed by atoms with van der Waals surface area (Å²) >= 11 is -1.44. The van der Waals surface area contributed by atoms with Crippen molar-refractivity contribution in [2.75, 3.05) is 13.3 Å².